The Morgan fingerprint density at radius 2 is 1.77 bits per heavy atom. The molecule has 31 heavy (non-hydrogen) atoms. The molecule has 0 fully saturated rings. The number of carbonyl (C=O) groups excluding carboxylic acids is 2. The van der Waals surface area contributed by atoms with E-state index >= 15 is 0 Å². The van der Waals surface area contributed by atoms with Crippen LogP contribution < -0.4 is 10.1 Å². The van der Waals surface area contributed by atoms with Crippen LogP contribution >= 0.6 is 34.5 Å². The van der Waals surface area contributed by atoms with E-state index in [0.717, 1.165) is 11.1 Å². The van der Waals surface area contributed by atoms with E-state index in [1.807, 2.05) is 19.1 Å². The van der Waals surface area contributed by atoms with Crippen molar-refractivity contribution in [3.8, 4) is 16.9 Å². The van der Waals surface area contributed by atoms with E-state index in [-0.39, 0.29) is 12.5 Å². The summed E-state index contributed by atoms with van der Waals surface area (Å²) in [5.74, 6) is -0.332. The topological polar surface area (TPSA) is 64.6 Å². The lowest BCUT2D eigenvalue weighted by molar-refractivity contribution is -0.122. The van der Waals surface area contributed by atoms with Gasteiger partial charge in [0.05, 0.1) is 6.61 Å². The molecule has 1 unspecified atom stereocenters. The van der Waals surface area contributed by atoms with Crippen LogP contribution in [0.4, 0.5) is 5.00 Å². The quantitative estimate of drug-likeness (QED) is 0.388. The van der Waals surface area contributed by atoms with Crippen molar-refractivity contribution in [2.75, 3.05) is 11.9 Å². The monoisotopic (exact) mass is 477 g/mol. The highest BCUT2D eigenvalue weighted by molar-refractivity contribution is 7.15. The van der Waals surface area contributed by atoms with Crippen molar-refractivity contribution in [3.63, 3.8) is 0 Å². The summed E-state index contributed by atoms with van der Waals surface area (Å²) >= 11 is 13.2. The van der Waals surface area contributed by atoms with E-state index in [1.165, 1.54) is 11.3 Å². The number of ether oxygens (including phenoxy) is 2. The van der Waals surface area contributed by atoms with Crippen LogP contribution in [0.3, 0.4) is 0 Å². The van der Waals surface area contributed by atoms with E-state index in [2.05, 4.69) is 5.32 Å². The Balaban J connectivity index is 1.85. The highest BCUT2D eigenvalue weighted by atomic mass is 35.5. The minimum Gasteiger partial charge on any atom is -0.481 e. The maximum Gasteiger partial charge on any atom is 0.341 e. The molecule has 162 valence electrons. The van der Waals surface area contributed by atoms with Crippen LogP contribution in [0.5, 0.6) is 5.75 Å². The molecule has 0 radical (unpaired) electrons. The van der Waals surface area contributed by atoms with Gasteiger partial charge in [0.2, 0.25) is 0 Å². The molecule has 1 N–H and O–H groups in total. The van der Waals surface area contributed by atoms with Crippen LogP contribution in [0.2, 0.25) is 10.0 Å². The zero-order chi connectivity index (χ0) is 22.5. The van der Waals surface area contributed by atoms with Gasteiger partial charge in [0.1, 0.15) is 16.3 Å². The molecule has 3 aromatic rings. The number of thiophene rings is 1. The smallest absolute Gasteiger partial charge is 0.341 e. The molecular weight excluding hydrogens is 457 g/mol. The molecule has 1 heterocycles. The highest BCUT2D eigenvalue weighted by Gasteiger charge is 2.25. The first-order valence-electron chi connectivity index (χ1n) is 9.58. The molecule has 0 bridgehead atoms. The predicted octanol–water partition coefficient (Wildman–Crippen LogP) is 6.61. The van der Waals surface area contributed by atoms with E-state index in [9.17, 15) is 9.59 Å². The number of amides is 1. The molecule has 0 saturated carbocycles. The van der Waals surface area contributed by atoms with Crippen molar-refractivity contribution in [1.29, 1.82) is 0 Å². The maximum atomic E-state index is 12.8. The summed E-state index contributed by atoms with van der Waals surface area (Å²) in [6.07, 6.45) is -0.795. The fourth-order valence-corrected chi connectivity index (χ4v) is 4.21. The zero-order valence-corrected chi connectivity index (χ0v) is 19.5. The largest absolute Gasteiger partial charge is 0.481 e. The molecule has 0 spiro atoms. The van der Waals surface area contributed by atoms with E-state index in [1.54, 1.807) is 49.6 Å². The number of nitrogens with one attached hydrogen (secondary N) is 1. The number of carbonyl (C=O) groups is 2. The van der Waals surface area contributed by atoms with Crippen molar-refractivity contribution < 1.29 is 19.1 Å². The Kier molecular flexibility index (Phi) is 7.59. The normalized spacial score (nSPS) is 11.6. The molecule has 2 aromatic carbocycles. The minimum atomic E-state index is -0.795. The third-order valence-corrected chi connectivity index (χ3v) is 5.86. The number of esters is 1. The van der Waals surface area contributed by atoms with Gasteiger partial charge in [-0.25, -0.2) is 4.79 Å². The molecule has 1 amide bonds. The summed E-state index contributed by atoms with van der Waals surface area (Å²) in [7, 11) is 0. The Bertz CT molecular complexity index is 1100. The number of hydrogen-bond acceptors (Lipinski definition) is 5. The van der Waals surface area contributed by atoms with Gasteiger partial charge in [0, 0.05) is 21.0 Å². The van der Waals surface area contributed by atoms with Gasteiger partial charge in [-0.3, -0.25) is 4.79 Å². The summed E-state index contributed by atoms with van der Waals surface area (Å²) in [6, 6.07) is 12.3. The molecule has 0 aliphatic rings. The van der Waals surface area contributed by atoms with Crippen molar-refractivity contribution >= 4 is 51.4 Å². The number of rotatable bonds is 7. The third kappa shape index (κ3) is 5.58. The molecule has 1 atom stereocenters. The zero-order valence-electron chi connectivity index (χ0n) is 17.2. The van der Waals surface area contributed by atoms with Crippen LogP contribution in [-0.2, 0) is 9.53 Å². The van der Waals surface area contributed by atoms with Crippen molar-refractivity contribution in [2.45, 2.75) is 26.9 Å². The fraction of sp³-hybridized carbons (Fsp3) is 0.217. The second kappa shape index (κ2) is 10.2. The third-order valence-electron chi connectivity index (χ3n) is 4.47. The van der Waals surface area contributed by atoms with Gasteiger partial charge in [-0.2, -0.15) is 0 Å². The Hall–Kier alpha value is -2.54. The first-order chi connectivity index (χ1) is 14.8. The van der Waals surface area contributed by atoms with Gasteiger partial charge >= 0.3 is 5.97 Å². The lowest BCUT2D eigenvalue weighted by atomic mass is 10.0. The first-order valence-corrected chi connectivity index (χ1v) is 11.2. The Labute approximate surface area is 194 Å². The second-order valence-electron chi connectivity index (χ2n) is 6.74. The number of aryl methyl sites for hydroxylation is 1. The average Bonchev–Trinajstić information content (AvgIpc) is 3.14. The second-order valence-corrected chi connectivity index (χ2v) is 8.49. The fourth-order valence-electron chi connectivity index (χ4n) is 2.90. The van der Waals surface area contributed by atoms with Crippen LogP contribution in [0, 0.1) is 6.92 Å². The predicted molar refractivity (Wildman–Crippen MR) is 126 cm³/mol. The lowest BCUT2D eigenvalue weighted by Gasteiger charge is -2.16. The summed E-state index contributed by atoms with van der Waals surface area (Å²) in [5.41, 5.74) is 2.58. The van der Waals surface area contributed by atoms with Crippen molar-refractivity contribution in [1.82, 2.24) is 0 Å². The van der Waals surface area contributed by atoms with Crippen LogP contribution in [0.1, 0.15) is 29.8 Å². The molecule has 0 saturated heterocycles. The molecule has 5 nitrogen and oxygen atoms in total. The van der Waals surface area contributed by atoms with Crippen molar-refractivity contribution in [3.05, 3.63) is 69.0 Å². The number of anilines is 1. The van der Waals surface area contributed by atoms with Crippen LogP contribution in [0.15, 0.2) is 47.8 Å². The van der Waals surface area contributed by atoms with Gasteiger partial charge < -0.3 is 14.8 Å². The van der Waals surface area contributed by atoms with Crippen LogP contribution in [0.25, 0.3) is 11.1 Å². The molecule has 0 aliphatic heterocycles. The van der Waals surface area contributed by atoms with Gasteiger partial charge in [0.15, 0.2) is 6.10 Å². The van der Waals surface area contributed by atoms with E-state index < -0.39 is 12.1 Å². The number of hydrogen-bond donors (Lipinski definition) is 1. The molecule has 0 aliphatic carbocycles. The molecule has 3 rings (SSSR count). The maximum absolute atomic E-state index is 12.8. The Morgan fingerprint density at radius 1 is 1.10 bits per heavy atom. The van der Waals surface area contributed by atoms with E-state index in [0.29, 0.717) is 31.9 Å². The van der Waals surface area contributed by atoms with Crippen LogP contribution in [-0.4, -0.2) is 24.6 Å². The highest BCUT2D eigenvalue weighted by Crippen LogP contribution is 2.37. The summed E-state index contributed by atoms with van der Waals surface area (Å²) < 4.78 is 11.0. The Morgan fingerprint density at radius 3 is 2.42 bits per heavy atom. The van der Waals surface area contributed by atoms with E-state index in [4.69, 9.17) is 32.7 Å². The van der Waals surface area contributed by atoms with Gasteiger partial charge in [-0.05, 0) is 62.2 Å². The van der Waals surface area contributed by atoms with Crippen molar-refractivity contribution in [2.24, 2.45) is 0 Å². The van der Waals surface area contributed by atoms with Gasteiger partial charge in [0.25, 0.3) is 5.91 Å². The minimum absolute atomic E-state index is 0.220. The number of benzene rings is 2. The average molecular weight is 478 g/mol. The first kappa shape index (κ1) is 23.1. The standard InChI is InChI=1S/C23H21Cl2NO4S/c1-4-29-23(28)20-18(15-5-7-16(24)8-6-15)12-31-22(20)26-21(27)14(3)30-19-10-9-17(25)11-13(19)2/h5-12,14H,4H2,1-3H3,(H,26,27). The molecule has 1 aromatic heterocycles. The summed E-state index contributed by atoms with van der Waals surface area (Å²) in [6.45, 7) is 5.44. The summed E-state index contributed by atoms with van der Waals surface area (Å²) in [4.78, 5) is 25.5. The van der Waals surface area contributed by atoms with Gasteiger partial charge in [-0.1, -0.05) is 35.3 Å². The lowest BCUT2D eigenvalue weighted by Crippen LogP contribution is -2.30. The molecular formula is C23H21Cl2NO4S. The SMILES string of the molecule is CCOC(=O)c1c(-c2ccc(Cl)cc2)csc1NC(=O)C(C)Oc1ccc(Cl)cc1C. The molecule has 8 heteroatoms. The number of halogens is 2. The summed E-state index contributed by atoms with van der Waals surface area (Å²) in [5, 5.41) is 6.19. The van der Waals surface area contributed by atoms with Gasteiger partial charge in [-0.15, -0.1) is 11.3 Å².